The Morgan fingerprint density at radius 2 is 2.00 bits per heavy atom. The standard InChI is InChI=1S/C7H8ClO3P/c1-5-2-3-6(8)4-7(5)12(9,10)11/h2-4H,1H3,(H2,9,10,11). The van der Waals surface area contributed by atoms with E-state index < -0.39 is 7.60 Å². The quantitative estimate of drug-likeness (QED) is 0.684. The summed E-state index contributed by atoms with van der Waals surface area (Å²) in [4.78, 5) is 17.7. The summed E-state index contributed by atoms with van der Waals surface area (Å²) in [5.41, 5.74) is 0.549. The second-order valence-electron chi connectivity index (χ2n) is 2.47. The van der Waals surface area contributed by atoms with E-state index in [0.29, 0.717) is 10.6 Å². The number of aryl methyl sites for hydroxylation is 1. The van der Waals surface area contributed by atoms with Crippen molar-refractivity contribution >= 4 is 24.5 Å². The van der Waals surface area contributed by atoms with Crippen LogP contribution in [0, 0.1) is 6.92 Å². The summed E-state index contributed by atoms with van der Waals surface area (Å²) in [6.07, 6.45) is 0. The summed E-state index contributed by atoms with van der Waals surface area (Å²) in [5, 5.41) is 0.328. The van der Waals surface area contributed by atoms with Crippen LogP contribution < -0.4 is 5.30 Å². The molecule has 0 aliphatic carbocycles. The van der Waals surface area contributed by atoms with Gasteiger partial charge in [-0.3, -0.25) is 4.57 Å². The van der Waals surface area contributed by atoms with Crippen molar-refractivity contribution in [1.82, 2.24) is 0 Å². The monoisotopic (exact) mass is 206 g/mol. The summed E-state index contributed by atoms with van der Waals surface area (Å²) >= 11 is 5.58. The van der Waals surface area contributed by atoms with Crippen LogP contribution in [0.1, 0.15) is 5.56 Å². The maximum Gasteiger partial charge on any atom is 0.356 e. The Morgan fingerprint density at radius 3 is 2.42 bits per heavy atom. The normalized spacial score (nSPS) is 11.7. The molecule has 5 heteroatoms. The van der Waals surface area contributed by atoms with Crippen LogP contribution in [-0.4, -0.2) is 9.79 Å². The molecule has 0 aliphatic heterocycles. The molecule has 66 valence electrons. The summed E-state index contributed by atoms with van der Waals surface area (Å²) in [7, 11) is -4.17. The van der Waals surface area contributed by atoms with E-state index in [1.165, 1.54) is 6.07 Å². The molecule has 1 aromatic carbocycles. The van der Waals surface area contributed by atoms with Crippen LogP contribution in [0.3, 0.4) is 0 Å². The molecule has 0 atom stereocenters. The van der Waals surface area contributed by atoms with Gasteiger partial charge in [0.2, 0.25) is 0 Å². The minimum atomic E-state index is -4.17. The highest BCUT2D eigenvalue weighted by Gasteiger charge is 2.19. The average Bonchev–Trinajstić information content (AvgIpc) is 1.92. The minimum Gasteiger partial charge on any atom is -0.321 e. The van der Waals surface area contributed by atoms with Crippen LogP contribution in [0.2, 0.25) is 5.02 Å². The molecule has 0 aliphatic rings. The summed E-state index contributed by atoms with van der Waals surface area (Å²) < 4.78 is 10.8. The molecule has 0 amide bonds. The van der Waals surface area contributed by atoms with E-state index in [1.54, 1.807) is 19.1 Å². The lowest BCUT2D eigenvalue weighted by Crippen LogP contribution is -2.07. The Labute approximate surface area is 75.2 Å². The van der Waals surface area contributed by atoms with Crippen molar-refractivity contribution in [2.45, 2.75) is 6.92 Å². The second kappa shape index (κ2) is 3.19. The van der Waals surface area contributed by atoms with Gasteiger partial charge in [-0.05, 0) is 24.6 Å². The van der Waals surface area contributed by atoms with Gasteiger partial charge in [0, 0.05) is 5.02 Å². The van der Waals surface area contributed by atoms with Gasteiger partial charge in [-0.25, -0.2) is 0 Å². The van der Waals surface area contributed by atoms with Gasteiger partial charge in [0.25, 0.3) is 0 Å². The number of hydrogen-bond acceptors (Lipinski definition) is 1. The summed E-state index contributed by atoms with van der Waals surface area (Å²) in [6.45, 7) is 1.63. The number of hydrogen-bond donors (Lipinski definition) is 2. The predicted molar refractivity (Wildman–Crippen MR) is 47.9 cm³/mol. The van der Waals surface area contributed by atoms with Crippen molar-refractivity contribution in [3.8, 4) is 0 Å². The smallest absolute Gasteiger partial charge is 0.321 e. The van der Waals surface area contributed by atoms with Crippen LogP contribution in [0.15, 0.2) is 18.2 Å². The molecule has 0 bridgehead atoms. The highest BCUT2D eigenvalue weighted by Crippen LogP contribution is 2.35. The fourth-order valence-electron chi connectivity index (χ4n) is 0.896. The van der Waals surface area contributed by atoms with Gasteiger partial charge in [0.05, 0.1) is 5.30 Å². The number of rotatable bonds is 1. The first-order chi connectivity index (χ1) is 5.41. The van der Waals surface area contributed by atoms with Gasteiger partial charge >= 0.3 is 7.60 Å². The third kappa shape index (κ3) is 2.08. The van der Waals surface area contributed by atoms with Crippen molar-refractivity contribution < 1.29 is 14.4 Å². The first-order valence-corrected chi connectivity index (χ1v) is 5.22. The van der Waals surface area contributed by atoms with Crippen LogP contribution in [0.25, 0.3) is 0 Å². The van der Waals surface area contributed by atoms with Crippen molar-refractivity contribution in [2.24, 2.45) is 0 Å². The molecule has 2 N–H and O–H groups in total. The first kappa shape index (κ1) is 9.75. The fourth-order valence-corrected chi connectivity index (χ4v) is 1.99. The average molecular weight is 207 g/mol. The zero-order chi connectivity index (χ0) is 9.35. The lowest BCUT2D eigenvalue weighted by atomic mass is 10.2. The SMILES string of the molecule is Cc1ccc(Cl)cc1P(=O)(O)O. The van der Waals surface area contributed by atoms with Gasteiger partial charge < -0.3 is 9.79 Å². The largest absolute Gasteiger partial charge is 0.356 e. The molecular formula is C7H8ClO3P. The van der Waals surface area contributed by atoms with E-state index in [0.717, 1.165) is 0 Å². The lowest BCUT2D eigenvalue weighted by molar-refractivity contribution is 0.387. The molecular weight excluding hydrogens is 199 g/mol. The molecule has 0 heterocycles. The highest BCUT2D eigenvalue weighted by molar-refractivity contribution is 7.60. The highest BCUT2D eigenvalue weighted by atomic mass is 35.5. The molecule has 0 spiro atoms. The molecule has 0 saturated heterocycles. The number of halogens is 1. The van der Waals surface area contributed by atoms with Crippen LogP contribution >= 0.6 is 19.2 Å². The predicted octanol–water partition coefficient (Wildman–Crippen LogP) is 1.45. The zero-order valence-electron chi connectivity index (χ0n) is 6.36. The molecule has 1 aromatic rings. The minimum absolute atomic E-state index is 0.00463. The summed E-state index contributed by atoms with van der Waals surface area (Å²) in [5.74, 6) is 0. The zero-order valence-corrected chi connectivity index (χ0v) is 8.01. The van der Waals surface area contributed by atoms with Gasteiger partial charge in [-0.2, -0.15) is 0 Å². The second-order valence-corrected chi connectivity index (χ2v) is 4.48. The molecule has 12 heavy (non-hydrogen) atoms. The topological polar surface area (TPSA) is 57.5 Å². The molecule has 1 rings (SSSR count). The van der Waals surface area contributed by atoms with E-state index in [-0.39, 0.29) is 5.30 Å². The van der Waals surface area contributed by atoms with Crippen molar-refractivity contribution in [3.05, 3.63) is 28.8 Å². The molecule has 3 nitrogen and oxygen atoms in total. The van der Waals surface area contributed by atoms with Crippen molar-refractivity contribution in [1.29, 1.82) is 0 Å². The van der Waals surface area contributed by atoms with Gasteiger partial charge in [0.15, 0.2) is 0 Å². The van der Waals surface area contributed by atoms with Gasteiger partial charge in [-0.15, -0.1) is 0 Å². The van der Waals surface area contributed by atoms with Crippen LogP contribution in [0.4, 0.5) is 0 Å². The van der Waals surface area contributed by atoms with Gasteiger partial charge in [-0.1, -0.05) is 17.7 Å². The molecule has 0 saturated carbocycles. The van der Waals surface area contributed by atoms with E-state index >= 15 is 0 Å². The van der Waals surface area contributed by atoms with Crippen LogP contribution in [-0.2, 0) is 4.57 Å². The van der Waals surface area contributed by atoms with E-state index in [1.807, 2.05) is 0 Å². The summed E-state index contributed by atoms with van der Waals surface area (Å²) in [6, 6.07) is 4.46. The molecule has 0 aromatic heterocycles. The Bertz CT molecular complexity index is 345. The Kier molecular flexibility index (Phi) is 2.59. The Morgan fingerprint density at radius 1 is 1.42 bits per heavy atom. The van der Waals surface area contributed by atoms with E-state index in [2.05, 4.69) is 0 Å². The maximum absolute atomic E-state index is 10.8. The Hall–Kier alpha value is -0.340. The fraction of sp³-hybridized carbons (Fsp3) is 0.143. The first-order valence-electron chi connectivity index (χ1n) is 3.23. The lowest BCUT2D eigenvalue weighted by Gasteiger charge is -2.07. The van der Waals surface area contributed by atoms with Crippen molar-refractivity contribution in [3.63, 3.8) is 0 Å². The van der Waals surface area contributed by atoms with Crippen LogP contribution in [0.5, 0.6) is 0 Å². The van der Waals surface area contributed by atoms with E-state index in [9.17, 15) is 4.57 Å². The molecule has 0 fully saturated rings. The van der Waals surface area contributed by atoms with Gasteiger partial charge in [0.1, 0.15) is 0 Å². The third-order valence-corrected chi connectivity index (χ3v) is 2.83. The molecule has 0 unspecified atom stereocenters. The number of benzene rings is 1. The Balaban J connectivity index is 3.33. The molecule has 0 radical (unpaired) electrons. The van der Waals surface area contributed by atoms with E-state index in [4.69, 9.17) is 21.4 Å². The maximum atomic E-state index is 10.8. The van der Waals surface area contributed by atoms with Crippen molar-refractivity contribution in [2.75, 3.05) is 0 Å². The third-order valence-electron chi connectivity index (χ3n) is 1.49.